The van der Waals surface area contributed by atoms with Crippen LogP contribution in [0, 0.1) is 11.8 Å². The molecule has 2 aliphatic heterocycles. The molecule has 0 bridgehead atoms. The molecular weight excluding hydrogens is 388 g/mol. The summed E-state index contributed by atoms with van der Waals surface area (Å²) in [4.78, 5) is 6.50. The molecule has 6 rings (SSSR count). The van der Waals surface area contributed by atoms with Crippen molar-refractivity contribution in [3.8, 4) is 28.7 Å². The second kappa shape index (κ2) is 7.46. The van der Waals surface area contributed by atoms with Gasteiger partial charge >= 0.3 is 0 Å². The molecule has 1 unspecified atom stereocenters. The molecule has 2 aliphatic rings. The van der Waals surface area contributed by atoms with Crippen molar-refractivity contribution in [2.45, 2.75) is 6.04 Å². The lowest BCUT2D eigenvalue weighted by Gasteiger charge is -2.41. The Morgan fingerprint density at radius 3 is 2.90 bits per heavy atom. The van der Waals surface area contributed by atoms with Crippen molar-refractivity contribution in [3.05, 3.63) is 72.2 Å². The van der Waals surface area contributed by atoms with Gasteiger partial charge in [-0.25, -0.2) is 0 Å². The molecular formula is C25H20N4O2. The minimum Gasteiger partial charge on any atom is -0.489 e. The molecule has 152 valence electrons. The lowest BCUT2D eigenvalue weighted by atomic mass is 10.0. The number of morpholine rings is 1. The molecule has 4 aromatic rings. The highest BCUT2D eigenvalue weighted by Crippen LogP contribution is 2.38. The predicted molar refractivity (Wildman–Crippen MR) is 119 cm³/mol. The highest BCUT2D eigenvalue weighted by atomic mass is 16.5. The van der Waals surface area contributed by atoms with Crippen LogP contribution in [0.3, 0.4) is 0 Å². The van der Waals surface area contributed by atoms with E-state index in [0.717, 1.165) is 64.5 Å². The average Bonchev–Trinajstić information content (AvgIpc) is 3.25. The first-order chi connectivity index (χ1) is 15.3. The summed E-state index contributed by atoms with van der Waals surface area (Å²) in [5.74, 6) is 7.23. The number of benzene rings is 2. The lowest BCUT2D eigenvalue weighted by molar-refractivity contribution is 0.0705. The summed E-state index contributed by atoms with van der Waals surface area (Å²) in [5, 5.41) is 8.52. The number of nitrogens with zero attached hydrogens (tertiary/aromatic N) is 3. The molecule has 1 saturated heterocycles. The highest BCUT2D eigenvalue weighted by molar-refractivity contribution is 5.88. The van der Waals surface area contributed by atoms with Gasteiger partial charge in [0.2, 0.25) is 0 Å². The summed E-state index contributed by atoms with van der Waals surface area (Å²) >= 11 is 0. The number of ether oxygens (including phenoxy) is 2. The van der Waals surface area contributed by atoms with Crippen molar-refractivity contribution in [2.24, 2.45) is 0 Å². The number of rotatable bonds is 1. The molecule has 4 heterocycles. The Morgan fingerprint density at radius 2 is 1.97 bits per heavy atom. The van der Waals surface area contributed by atoms with Crippen LogP contribution in [0.4, 0.5) is 5.69 Å². The van der Waals surface area contributed by atoms with Gasteiger partial charge in [0.05, 0.1) is 30.5 Å². The van der Waals surface area contributed by atoms with E-state index in [9.17, 15) is 0 Å². The van der Waals surface area contributed by atoms with Crippen molar-refractivity contribution in [2.75, 3.05) is 31.3 Å². The van der Waals surface area contributed by atoms with Gasteiger partial charge in [-0.3, -0.25) is 10.1 Å². The van der Waals surface area contributed by atoms with Crippen molar-refractivity contribution >= 4 is 16.6 Å². The molecule has 6 nitrogen and oxygen atoms in total. The fraction of sp³-hybridized carbons (Fsp3) is 0.200. The highest BCUT2D eigenvalue weighted by Gasteiger charge is 2.30. The first kappa shape index (κ1) is 18.0. The molecule has 0 amide bonds. The maximum absolute atomic E-state index is 6.05. The molecule has 2 aromatic heterocycles. The van der Waals surface area contributed by atoms with Crippen LogP contribution in [-0.2, 0) is 4.74 Å². The van der Waals surface area contributed by atoms with Gasteiger partial charge in [-0.15, -0.1) is 0 Å². The summed E-state index contributed by atoms with van der Waals surface area (Å²) in [6.07, 6.45) is 3.49. The maximum Gasteiger partial charge on any atom is 0.143 e. The average molecular weight is 408 g/mol. The Balaban J connectivity index is 1.31. The molecule has 1 fully saturated rings. The van der Waals surface area contributed by atoms with Gasteiger partial charge in [-0.2, -0.15) is 5.10 Å². The third-order valence-electron chi connectivity index (χ3n) is 5.81. The van der Waals surface area contributed by atoms with Gasteiger partial charge in [0.25, 0.3) is 0 Å². The van der Waals surface area contributed by atoms with E-state index in [1.807, 2.05) is 12.1 Å². The number of pyridine rings is 1. The lowest BCUT2D eigenvalue weighted by Crippen LogP contribution is -2.51. The zero-order valence-corrected chi connectivity index (χ0v) is 16.8. The van der Waals surface area contributed by atoms with Gasteiger partial charge in [0.15, 0.2) is 0 Å². The van der Waals surface area contributed by atoms with Gasteiger partial charge in [-0.1, -0.05) is 18.1 Å². The summed E-state index contributed by atoms with van der Waals surface area (Å²) < 4.78 is 11.6. The number of anilines is 1. The van der Waals surface area contributed by atoms with Gasteiger partial charge in [0.1, 0.15) is 18.1 Å². The fourth-order valence-electron chi connectivity index (χ4n) is 4.20. The summed E-state index contributed by atoms with van der Waals surface area (Å²) in [6, 6.07) is 16.8. The van der Waals surface area contributed by atoms with Crippen LogP contribution < -0.4 is 9.64 Å². The van der Waals surface area contributed by atoms with E-state index in [1.165, 1.54) is 0 Å². The van der Waals surface area contributed by atoms with E-state index in [-0.39, 0.29) is 0 Å². The molecule has 1 atom stereocenters. The number of hydrogen-bond donors (Lipinski definition) is 1. The topological polar surface area (TPSA) is 63.3 Å². The maximum atomic E-state index is 6.05. The Hall–Kier alpha value is -3.82. The fourth-order valence-corrected chi connectivity index (χ4v) is 4.20. The minimum absolute atomic E-state index is 0.304. The van der Waals surface area contributed by atoms with Crippen LogP contribution in [0.1, 0.15) is 11.3 Å². The molecule has 2 aromatic carbocycles. The van der Waals surface area contributed by atoms with E-state index in [0.29, 0.717) is 12.6 Å². The number of aromatic nitrogens is 3. The van der Waals surface area contributed by atoms with E-state index < -0.39 is 0 Å². The van der Waals surface area contributed by atoms with Crippen molar-refractivity contribution < 1.29 is 9.47 Å². The van der Waals surface area contributed by atoms with E-state index in [1.54, 1.807) is 12.4 Å². The Kier molecular flexibility index (Phi) is 4.33. The van der Waals surface area contributed by atoms with Crippen LogP contribution >= 0.6 is 0 Å². The van der Waals surface area contributed by atoms with Crippen LogP contribution in [0.5, 0.6) is 5.75 Å². The minimum atomic E-state index is 0.304. The number of H-pyrrole nitrogens is 1. The van der Waals surface area contributed by atoms with Gasteiger partial charge in [-0.05, 0) is 53.4 Å². The van der Waals surface area contributed by atoms with Crippen LogP contribution in [0.25, 0.3) is 22.0 Å². The van der Waals surface area contributed by atoms with Crippen LogP contribution in [-0.4, -0.2) is 47.6 Å². The first-order valence-electron chi connectivity index (χ1n) is 10.4. The SMILES string of the molecule is C(#Cc1[nH]nc2cc(-c3ccc4c(c3)OCC3COCCN43)ccc12)c1cccnc1. The standard InChI is InChI=1S/C25H20N4O2/c1-2-17(14-26-9-1)3-7-22-21-6-4-18(12-23(21)28-27-22)19-5-8-24-25(13-19)31-16-20-15-30-11-10-29(20)24/h1-2,4-6,8-9,12-14,20H,10-11,15-16H2,(H,27,28). The molecule has 0 spiro atoms. The van der Waals surface area contributed by atoms with E-state index in [4.69, 9.17) is 9.47 Å². The van der Waals surface area contributed by atoms with Crippen LogP contribution in [0.2, 0.25) is 0 Å². The molecule has 6 heteroatoms. The van der Waals surface area contributed by atoms with E-state index in [2.05, 4.69) is 68.3 Å². The van der Waals surface area contributed by atoms with Crippen LogP contribution in [0.15, 0.2) is 60.9 Å². The third-order valence-corrected chi connectivity index (χ3v) is 5.81. The smallest absolute Gasteiger partial charge is 0.143 e. The molecule has 0 saturated carbocycles. The van der Waals surface area contributed by atoms with Crippen molar-refractivity contribution in [1.82, 2.24) is 15.2 Å². The number of hydrogen-bond acceptors (Lipinski definition) is 5. The van der Waals surface area contributed by atoms with Crippen molar-refractivity contribution in [1.29, 1.82) is 0 Å². The summed E-state index contributed by atoms with van der Waals surface area (Å²) in [7, 11) is 0. The Bertz CT molecular complexity index is 1320. The Morgan fingerprint density at radius 1 is 1.03 bits per heavy atom. The summed E-state index contributed by atoms with van der Waals surface area (Å²) in [5.41, 5.74) is 5.92. The van der Waals surface area contributed by atoms with Crippen molar-refractivity contribution in [3.63, 3.8) is 0 Å². The number of fused-ring (bicyclic) bond motifs is 4. The molecule has 0 radical (unpaired) electrons. The third kappa shape index (κ3) is 3.29. The normalized spacial score (nSPS) is 17.3. The zero-order valence-electron chi connectivity index (χ0n) is 16.8. The second-order valence-corrected chi connectivity index (χ2v) is 7.74. The second-order valence-electron chi connectivity index (χ2n) is 7.74. The van der Waals surface area contributed by atoms with E-state index >= 15 is 0 Å². The first-order valence-corrected chi connectivity index (χ1v) is 10.4. The molecule has 0 aliphatic carbocycles. The summed E-state index contributed by atoms with van der Waals surface area (Å²) in [6.45, 7) is 3.05. The zero-order chi connectivity index (χ0) is 20.6. The molecule has 31 heavy (non-hydrogen) atoms. The van der Waals surface area contributed by atoms with Gasteiger partial charge in [0, 0.05) is 29.9 Å². The molecule has 1 N–H and O–H groups in total. The number of nitrogens with one attached hydrogen (secondary N) is 1. The monoisotopic (exact) mass is 408 g/mol. The largest absolute Gasteiger partial charge is 0.489 e. The number of aromatic amines is 1. The Labute approximate surface area is 179 Å². The predicted octanol–water partition coefficient (Wildman–Crippen LogP) is 3.62. The van der Waals surface area contributed by atoms with Gasteiger partial charge < -0.3 is 14.4 Å². The quantitative estimate of drug-likeness (QED) is 0.488.